The number of rotatable bonds is 1. The number of nitrogens with one attached hydrogen (secondary N) is 1. The van der Waals surface area contributed by atoms with Crippen LogP contribution < -0.4 is 20.7 Å². The van der Waals surface area contributed by atoms with Crippen LogP contribution in [0.2, 0.25) is 0 Å². The van der Waals surface area contributed by atoms with Crippen molar-refractivity contribution in [2.45, 2.75) is 57.4 Å². The number of nitriles is 1. The van der Waals surface area contributed by atoms with Crippen molar-refractivity contribution in [3.8, 4) is 23.2 Å². The second kappa shape index (κ2) is 7.64. The first-order valence-corrected chi connectivity index (χ1v) is 11.9. The number of ether oxygens (including phenoxy) is 1. The van der Waals surface area contributed by atoms with Crippen LogP contribution in [0.25, 0.3) is 22.0 Å². The molecule has 0 aromatic carbocycles. The van der Waals surface area contributed by atoms with E-state index in [0.29, 0.717) is 30.0 Å². The SMILES string of the molecule is Cc1nc(N)cc(-c2nc3c4c(nc(C)c(C)c4c2F)N2C[C@@]4(C#N)CC[C@H](N4)[C@H]2CO3)c1C(F)(F)F. The Morgan fingerprint density at radius 1 is 1.19 bits per heavy atom. The summed E-state index contributed by atoms with van der Waals surface area (Å²) in [7, 11) is 0. The minimum atomic E-state index is -4.82. The summed E-state index contributed by atoms with van der Waals surface area (Å²) in [5, 5.41) is 13.7. The van der Waals surface area contributed by atoms with Crippen LogP contribution in [0.4, 0.5) is 29.2 Å². The van der Waals surface area contributed by atoms with E-state index in [1.807, 2.05) is 4.90 Å². The molecule has 0 unspecified atom stereocenters. The maximum absolute atomic E-state index is 16.4. The Morgan fingerprint density at radius 2 is 1.95 bits per heavy atom. The zero-order valence-electron chi connectivity index (χ0n) is 20.3. The monoisotopic (exact) mass is 513 g/mol. The summed E-state index contributed by atoms with van der Waals surface area (Å²) >= 11 is 0. The molecule has 3 aliphatic rings. The third-order valence-electron chi connectivity index (χ3n) is 7.80. The minimum absolute atomic E-state index is 0.00515. The molecule has 2 saturated heterocycles. The lowest BCUT2D eigenvalue weighted by atomic mass is 9.96. The third-order valence-corrected chi connectivity index (χ3v) is 7.80. The Bertz CT molecular complexity index is 1530. The maximum atomic E-state index is 16.4. The summed E-state index contributed by atoms with van der Waals surface area (Å²) in [6.45, 7) is 5.02. The van der Waals surface area contributed by atoms with Gasteiger partial charge < -0.3 is 15.4 Å². The lowest BCUT2D eigenvalue weighted by Gasteiger charge is -2.43. The normalized spacial score (nSPS) is 24.4. The van der Waals surface area contributed by atoms with Gasteiger partial charge in [-0.15, -0.1) is 0 Å². The van der Waals surface area contributed by atoms with Gasteiger partial charge in [0, 0.05) is 22.7 Å². The highest BCUT2D eigenvalue weighted by atomic mass is 19.4. The van der Waals surface area contributed by atoms with Gasteiger partial charge in [0.15, 0.2) is 5.82 Å². The molecule has 2 fully saturated rings. The average Bonchev–Trinajstić information content (AvgIpc) is 3.10. The van der Waals surface area contributed by atoms with Crippen molar-refractivity contribution in [3.63, 3.8) is 0 Å². The summed E-state index contributed by atoms with van der Waals surface area (Å²) in [6.07, 6.45) is -3.40. The average molecular weight is 513 g/mol. The number of hydrogen-bond acceptors (Lipinski definition) is 8. The molecular formula is C25H23F4N7O. The molecule has 37 heavy (non-hydrogen) atoms. The van der Waals surface area contributed by atoms with Gasteiger partial charge in [-0.2, -0.15) is 18.4 Å². The number of piperazine rings is 1. The second-order valence-corrected chi connectivity index (χ2v) is 10.0. The molecule has 2 bridgehead atoms. The van der Waals surface area contributed by atoms with E-state index in [9.17, 15) is 18.4 Å². The quantitative estimate of drug-likeness (QED) is 0.471. The van der Waals surface area contributed by atoms with Gasteiger partial charge in [0.25, 0.3) is 0 Å². The van der Waals surface area contributed by atoms with E-state index in [2.05, 4.69) is 21.4 Å². The summed E-state index contributed by atoms with van der Waals surface area (Å²) < 4.78 is 64.7. The molecular weight excluding hydrogens is 490 g/mol. The van der Waals surface area contributed by atoms with Crippen LogP contribution in [-0.2, 0) is 6.18 Å². The zero-order valence-corrected chi connectivity index (χ0v) is 20.3. The molecule has 6 heterocycles. The number of pyridine rings is 3. The molecule has 3 aromatic heterocycles. The van der Waals surface area contributed by atoms with Crippen molar-refractivity contribution in [1.29, 1.82) is 5.26 Å². The smallest absolute Gasteiger partial charge is 0.418 e. The summed E-state index contributed by atoms with van der Waals surface area (Å²) in [5.74, 6) is -0.691. The molecule has 0 radical (unpaired) electrons. The number of fused-ring (bicyclic) bond motifs is 5. The highest BCUT2D eigenvalue weighted by Gasteiger charge is 2.52. The molecule has 3 atom stereocenters. The van der Waals surface area contributed by atoms with Crippen LogP contribution in [-0.4, -0.2) is 45.7 Å². The molecule has 0 aliphatic carbocycles. The Hall–Kier alpha value is -3.72. The number of nitrogen functional groups attached to an aromatic ring is 1. The van der Waals surface area contributed by atoms with E-state index >= 15 is 4.39 Å². The molecule has 12 heteroatoms. The standard InChI is InChI=1S/C25H23F4N7O/c1-10-11(2)33-22-18-17(10)20(26)21(13-6-16(31)32-12(3)19(13)25(27,28)29)34-23(18)37-7-15-14-4-5-24(8-30,35-14)9-36(15)22/h6,14-15,35H,4-5,7,9H2,1-3H3,(H2,31,32)/t14-,15+,24-/m0/s1. The van der Waals surface area contributed by atoms with Gasteiger partial charge >= 0.3 is 6.18 Å². The van der Waals surface area contributed by atoms with Crippen LogP contribution in [0, 0.1) is 37.9 Å². The van der Waals surface area contributed by atoms with Crippen LogP contribution in [0.15, 0.2) is 6.07 Å². The number of aromatic nitrogens is 3. The number of alkyl halides is 3. The van der Waals surface area contributed by atoms with Gasteiger partial charge in [-0.3, -0.25) is 5.32 Å². The predicted molar refractivity (Wildman–Crippen MR) is 127 cm³/mol. The van der Waals surface area contributed by atoms with Gasteiger partial charge in [-0.1, -0.05) is 0 Å². The van der Waals surface area contributed by atoms with Crippen LogP contribution in [0.3, 0.4) is 0 Å². The van der Waals surface area contributed by atoms with Gasteiger partial charge in [-0.05, 0) is 45.2 Å². The molecule has 0 spiro atoms. The first kappa shape index (κ1) is 23.7. The fourth-order valence-corrected chi connectivity index (χ4v) is 5.98. The van der Waals surface area contributed by atoms with Crippen molar-refractivity contribution in [2.24, 2.45) is 0 Å². The fraction of sp³-hybridized carbons (Fsp3) is 0.440. The molecule has 3 aliphatic heterocycles. The maximum Gasteiger partial charge on any atom is 0.418 e. The predicted octanol–water partition coefficient (Wildman–Crippen LogP) is 3.95. The summed E-state index contributed by atoms with van der Waals surface area (Å²) in [4.78, 5) is 14.8. The molecule has 192 valence electrons. The molecule has 8 nitrogen and oxygen atoms in total. The van der Waals surface area contributed by atoms with E-state index < -0.39 is 34.4 Å². The molecule has 0 saturated carbocycles. The first-order chi connectivity index (χ1) is 17.4. The molecule has 3 aromatic rings. The van der Waals surface area contributed by atoms with Crippen molar-refractivity contribution in [2.75, 3.05) is 23.8 Å². The zero-order chi connectivity index (χ0) is 26.4. The summed E-state index contributed by atoms with van der Waals surface area (Å²) in [5.41, 5.74) is 3.50. The van der Waals surface area contributed by atoms with E-state index in [0.717, 1.165) is 12.5 Å². The second-order valence-electron chi connectivity index (χ2n) is 10.0. The van der Waals surface area contributed by atoms with E-state index in [1.165, 1.54) is 6.92 Å². The van der Waals surface area contributed by atoms with Crippen LogP contribution in [0.1, 0.15) is 35.4 Å². The molecule has 3 N–H and O–H groups in total. The number of anilines is 2. The Morgan fingerprint density at radius 3 is 2.65 bits per heavy atom. The van der Waals surface area contributed by atoms with Crippen LogP contribution in [0.5, 0.6) is 5.88 Å². The van der Waals surface area contributed by atoms with Crippen molar-refractivity contribution in [3.05, 3.63) is 34.4 Å². The van der Waals surface area contributed by atoms with Crippen molar-refractivity contribution >= 4 is 22.4 Å². The third kappa shape index (κ3) is 3.33. The van der Waals surface area contributed by atoms with Crippen molar-refractivity contribution < 1.29 is 22.3 Å². The lowest BCUT2D eigenvalue weighted by molar-refractivity contribution is -0.137. The number of hydrogen-bond donors (Lipinski definition) is 2. The Labute approximate surface area is 209 Å². The van der Waals surface area contributed by atoms with E-state index in [-0.39, 0.29) is 46.9 Å². The fourth-order valence-electron chi connectivity index (χ4n) is 5.98. The molecule has 6 rings (SSSR count). The Balaban J connectivity index is 1.66. The van der Waals surface area contributed by atoms with Gasteiger partial charge in [0.05, 0.1) is 35.3 Å². The highest BCUT2D eigenvalue weighted by Crippen LogP contribution is 2.47. The topological polar surface area (TPSA) is 113 Å². The van der Waals surface area contributed by atoms with Crippen LogP contribution >= 0.6 is 0 Å². The van der Waals surface area contributed by atoms with Gasteiger partial charge in [0.2, 0.25) is 5.88 Å². The number of nitrogens with zero attached hydrogens (tertiary/aromatic N) is 5. The first-order valence-electron chi connectivity index (χ1n) is 11.9. The molecule has 0 amide bonds. The minimum Gasteiger partial charge on any atom is -0.475 e. The number of halogens is 4. The lowest BCUT2D eigenvalue weighted by Crippen LogP contribution is -2.65. The van der Waals surface area contributed by atoms with Gasteiger partial charge in [0.1, 0.15) is 29.5 Å². The summed E-state index contributed by atoms with van der Waals surface area (Å²) in [6, 6.07) is 3.09. The Kier molecular flexibility index (Phi) is 4.89. The number of aryl methyl sites for hydroxylation is 3. The van der Waals surface area contributed by atoms with Crippen molar-refractivity contribution in [1.82, 2.24) is 20.3 Å². The van der Waals surface area contributed by atoms with Gasteiger partial charge in [-0.25, -0.2) is 19.3 Å². The highest BCUT2D eigenvalue weighted by molar-refractivity contribution is 6.01. The number of nitrogens with two attached hydrogens (primary N) is 1. The van der Waals surface area contributed by atoms with E-state index in [1.54, 1.807) is 13.8 Å². The van der Waals surface area contributed by atoms with E-state index in [4.69, 9.17) is 15.5 Å². The largest absolute Gasteiger partial charge is 0.475 e.